The first-order chi connectivity index (χ1) is 9.58. The number of nitrogens with one attached hydrogen (secondary N) is 1. The van der Waals surface area contributed by atoms with Crippen LogP contribution in [0.2, 0.25) is 0 Å². The van der Waals surface area contributed by atoms with Crippen molar-refractivity contribution < 1.29 is 14.7 Å². The quantitative estimate of drug-likeness (QED) is 0.825. The molecule has 0 spiro atoms. The fraction of sp³-hybridized carbons (Fsp3) is 0.643. The highest BCUT2D eigenvalue weighted by molar-refractivity contribution is 5.87. The molecule has 1 amide bonds. The lowest BCUT2D eigenvalue weighted by Gasteiger charge is -2.19. The summed E-state index contributed by atoms with van der Waals surface area (Å²) in [4.78, 5) is 23.0. The van der Waals surface area contributed by atoms with E-state index in [1.807, 2.05) is 0 Å². The van der Waals surface area contributed by atoms with Crippen LogP contribution in [0.3, 0.4) is 0 Å². The molecule has 1 heterocycles. The highest BCUT2D eigenvalue weighted by Gasteiger charge is 2.21. The third-order valence-electron chi connectivity index (χ3n) is 3.83. The number of carbonyl (C=O) groups excluding carboxylic acids is 1. The molecule has 1 aromatic rings. The summed E-state index contributed by atoms with van der Waals surface area (Å²) >= 11 is 0. The Kier molecular flexibility index (Phi) is 4.76. The predicted octanol–water partition coefficient (Wildman–Crippen LogP) is 1.98. The van der Waals surface area contributed by atoms with Crippen molar-refractivity contribution in [3.8, 4) is 0 Å². The van der Waals surface area contributed by atoms with Gasteiger partial charge in [0.05, 0.1) is 11.8 Å². The number of rotatable bonds is 4. The predicted molar refractivity (Wildman–Crippen MR) is 73.5 cm³/mol. The summed E-state index contributed by atoms with van der Waals surface area (Å²) < 4.78 is 1.40. The van der Waals surface area contributed by atoms with Crippen LogP contribution in [0.5, 0.6) is 0 Å². The van der Waals surface area contributed by atoms with E-state index in [-0.39, 0.29) is 17.5 Å². The van der Waals surface area contributed by atoms with Gasteiger partial charge in [-0.2, -0.15) is 5.10 Å². The van der Waals surface area contributed by atoms with E-state index in [1.165, 1.54) is 29.9 Å². The van der Waals surface area contributed by atoms with Gasteiger partial charge in [0.25, 0.3) is 0 Å². The first kappa shape index (κ1) is 14.6. The topological polar surface area (TPSA) is 84.2 Å². The minimum absolute atomic E-state index is 0.0964. The van der Waals surface area contributed by atoms with E-state index >= 15 is 0 Å². The molecule has 1 aromatic heterocycles. The van der Waals surface area contributed by atoms with Crippen molar-refractivity contribution in [1.82, 2.24) is 15.1 Å². The minimum atomic E-state index is -1.03. The van der Waals surface area contributed by atoms with Crippen molar-refractivity contribution in [2.24, 2.45) is 0 Å². The van der Waals surface area contributed by atoms with Gasteiger partial charge in [-0.25, -0.2) is 4.79 Å². The maximum absolute atomic E-state index is 12.2. The van der Waals surface area contributed by atoms with Gasteiger partial charge in [-0.15, -0.1) is 0 Å². The monoisotopic (exact) mass is 279 g/mol. The zero-order chi connectivity index (χ0) is 14.5. The molecule has 1 aliphatic carbocycles. The van der Waals surface area contributed by atoms with E-state index in [9.17, 15) is 9.59 Å². The van der Waals surface area contributed by atoms with Gasteiger partial charge in [-0.05, 0) is 19.8 Å². The zero-order valence-electron chi connectivity index (χ0n) is 11.7. The fourth-order valence-corrected chi connectivity index (χ4v) is 2.53. The van der Waals surface area contributed by atoms with Gasteiger partial charge in [-0.1, -0.05) is 25.7 Å². The standard InChI is InChI=1S/C14H21N3O3/c1-10(17-9-11(8-15-17)14(19)20)13(18)16-12-6-4-2-3-5-7-12/h8-10,12H,2-7H2,1H3,(H,16,18)(H,19,20). The van der Waals surface area contributed by atoms with E-state index in [2.05, 4.69) is 10.4 Å². The van der Waals surface area contributed by atoms with Gasteiger partial charge >= 0.3 is 5.97 Å². The molecule has 2 rings (SSSR count). The van der Waals surface area contributed by atoms with E-state index in [1.54, 1.807) is 6.92 Å². The molecule has 1 atom stereocenters. The minimum Gasteiger partial charge on any atom is -0.478 e. The molecule has 1 aliphatic rings. The number of carboxylic acids is 1. The third-order valence-corrected chi connectivity index (χ3v) is 3.83. The first-order valence-electron chi connectivity index (χ1n) is 7.15. The lowest BCUT2D eigenvalue weighted by Crippen LogP contribution is -2.38. The molecule has 1 saturated carbocycles. The van der Waals surface area contributed by atoms with Crippen LogP contribution in [-0.4, -0.2) is 32.8 Å². The summed E-state index contributed by atoms with van der Waals surface area (Å²) in [5.41, 5.74) is 0.0964. The van der Waals surface area contributed by atoms with Gasteiger partial charge < -0.3 is 10.4 Å². The molecular formula is C14H21N3O3. The number of hydrogen-bond donors (Lipinski definition) is 2. The average molecular weight is 279 g/mol. The average Bonchev–Trinajstić information content (AvgIpc) is 2.78. The second-order valence-electron chi connectivity index (χ2n) is 5.39. The molecule has 1 fully saturated rings. The van der Waals surface area contributed by atoms with Crippen LogP contribution in [0.25, 0.3) is 0 Å². The van der Waals surface area contributed by atoms with Crippen LogP contribution in [0, 0.1) is 0 Å². The van der Waals surface area contributed by atoms with Crippen LogP contribution in [-0.2, 0) is 4.79 Å². The Hall–Kier alpha value is -1.85. The first-order valence-corrected chi connectivity index (χ1v) is 7.15. The van der Waals surface area contributed by atoms with Gasteiger partial charge in [0, 0.05) is 12.2 Å². The molecule has 6 heteroatoms. The van der Waals surface area contributed by atoms with E-state index in [4.69, 9.17) is 5.11 Å². The van der Waals surface area contributed by atoms with Gasteiger partial charge in [0.1, 0.15) is 6.04 Å². The summed E-state index contributed by atoms with van der Waals surface area (Å²) in [7, 11) is 0. The summed E-state index contributed by atoms with van der Waals surface area (Å²) in [6.45, 7) is 1.73. The number of aromatic nitrogens is 2. The van der Waals surface area contributed by atoms with E-state index in [0.717, 1.165) is 25.7 Å². The van der Waals surface area contributed by atoms with E-state index < -0.39 is 12.0 Å². The van der Waals surface area contributed by atoms with Crippen molar-refractivity contribution in [1.29, 1.82) is 0 Å². The fourth-order valence-electron chi connectivity index (χ4n) is 2.53. The van der Waals surface area contributed by atoms with Crippen LogP contribution in [0.1, 0.15) is 61.8 Å². The summed E-state index contributed by atoms with van der Waals surface area (Å²) in [5, 5.41) is 15.9. The van der Waals surface area contributed by atoms with Gasteiger partial charge in [0.2, 0.25) is 5.91 Å². The molecule has 0 bridgehead atoms. The van der Waals surface area contributed by atoms with Crippen LogP contribution < -0.4 is 5.32 Å². The molecule has 0 aliphatic heterocycles. The number of carboxylic acid groups (broad SMARTS) is 1. The number of amides is 1. The van der Waals surface area contributed by atoms with Crippen molar-refractivity contribution in [2.45, 2.75) is 57.5 Å². The Labute approximate surface area is 118 Å². The lowest BCUT2D eigenvalue weighted by molar-refractivity contribution is -0.124. The number of nitrogens with zero attached hydrogens (tertiary/aromatic N) is 2. The molecule has 110 valence electrons. The number of aromatic carboxylic acids is 1. The number of carbonyl (C=O) groups is 2. The molecule has 2 N–H and O–H groups in total. The molecule has 0 radical (unpaired) electrons. The Morgan fingerprint density at radius 1 is 1.35 bits per heavy atom. The lowest BCUT2D eigenvalue weighted by atomic mass is 10.1. The highest BCUT2D eigenvalue weighted by Crippen LogP contribution is 2.18. The summed E-state index contributed by atoms with van der Waals surface area (Å²) in [6, 6.07) is -0.256. The van der Waals surface area contributed by atoms with Gasteiger partial charge in [-0.3, -0.25) is 9.48 Å². The molecule has 0 saturated heterocycles. The molecular weight excluding hydrogens is 258 g/mol. The Bertz CT molecular complexity index is 476. The molecule has 6 nitrogen and oxygen atoms in total. The second kappa shape index (κ2) is 6.54. The molecule has 0 aromatic carbocycles. The highest BCUT2D eigenvalue weighted by atomic mass is 16.4. The smallest absolute Gasteiger partial charge is 0.338 e. The van der Waals surface area contributed by atoms with Crippen LogP contribution in [0.4, 0.5) is 0 Å². The van der Waals surface area contributed by atoms with E-state index in [0.29, 0.717) is 0 Å². The maximum atomic E-state index is 12.2. The molecule has 20 heavy (non-hydrogen) atoms. The largest absolute Gasteiger partial charge is 0.478 e. The molecule has 1 unspecified atom stereocenters. The Morgan fingerprint density at radius 2 is 2.00 bits per heavy atom. The summed E-state index contributed by atoms with van der Waals surface area (Å²) in [5.74, 6) is -1.13. The number of hydrogen-bond acceptors (Lipinski definition) is 3. The van der Waals surface area contributed by atoms with Crippen molar-refractivity contribution >= 4 is 11.9 Å². The SMILES string of the molecule is CC(C(=O)NC1CCCCCC1)n1cc(C(=O)O)cn1. The maximum Gasteiger partial charge on any atom is 0.338 e. The van der Waals surface area contributed by atoms with Crippen LogP contribution >= 0.6 is 0 Å². The Morgan fingerprint density at radius 3 is 2.55 bits per heavy atom. The van der Waals surface area contributed by atoms with Crippen LogP contribution in [0.15, 0.2) is 12.4 Å². The van der Waals surface area contributed by atoms with Crippen molar-refractivity contribution in [3.05, 3.63) is 18.0 Å². The Balaban J connectivity index is 1.94. The zero-order valence-corrected chi connectivity index (χ0v) is 11.7. The van der Waals surface area contributed by atoms with Crippen molar-refractivity contribution in [3.63, 3.8) is 0 Å². The third kappa shape index (κ3) is 3.59. The second-order valence-corrected chi connectivity index (χ2v) is 5.39. The van der Waals surface area contributed by atoms with Gasteiger partial charge in [0.15, 0.2) is 0 Å². The van der Waals surface area contributed by atoms with Crippen molar-refractivity contribution in [2.75, 3.05) is 0 Å². The summed E-state index contributed by atoms with van der Waals surface area (Å²) in [6.07, 6.45) is 9.49. The normalized spacial score (nSPS) is 18.2.